The highest BCUT2D eigenvalue weighted by Gasteiger charge is 2.44. The molecule has 5 nitrogen and oxygen atoms in total. The number of fused-ring (bicyclic) bond motifs is 1. The zero-order valence-electron chi connectivity index (χ0n) is 14.8. The van der Waals surface area contributed by atoms with Gasteiger partial charge in [-0.25, -0.2) is 4.79 Å². The molecular weight excluding hydrogens is 304 g/mol. The lowest BCUT2D eigenvalue weighted by Gasteiger charge is -2.39. The minimum Gasteiger partial charge on any atom is -0.465 e. The first-order valence-corrected chi connectivity index (χ1v) is 8.78. The molecule has 1 aromatic carbocycles. The van der Waals surface area contributed by atoms with Crippen molar-refractivity contribution in [1.29, 1.82) is 0 Å². The molecule has 3 atom stereocenters. The first kappa shape index (κ1) is 17.2. The van der Waals surface area contributed by atoms with Crippen LogP contribution in [0.5, 0.6) is 0 Å². The van der Waals surface area contributed by atoms with Crippen LogP contribution in [0.15, 0.2) is 24.3 Å². The second kappa shape index (κ2) is 6.37. The number of amides is 1. The number of rotatable bonds is 2. The molecule has 3 unspecified atom stereocenters. The van der Waals surface area contributed by atoms with Crippen molar-refractivity contribution in [2.75, 3.05) is 6.54 Å². The SMILES string of the molecule is CC(C)(C)N(C(=O)O)C1CC(O)C(N2CCc3ccccc3C2)C1. The number of benzene rings is 1. The van der Waals surface area contributed by atoms with E-state index in [9.17, 15) is 15.0 Å². The first-order valence-electron chi connectivity index (χ1n) is 8.78. The maximum absolute atomic E-state index is 11.7. The molecule has 1 aromatic rings. The lowest BCUT2D eigenvalue weighted by molar-refractivity contribution is 0.0617. The molecule has 3 rings (SSSR count). The number of hydrogen-bond acceptors (Lipinski definition) is 3. The van der Waals surface area contributed by atoms with Crippen LogP contribution >= 0.6 is 0 Å². The van der Waals surface area contributed by atoms with E-state index >= 15 is 0 Å². The van der Waals surface area contributed by atoms with Gasteiger partial charge in [0.15, 0.2) is 0 Å². The maximum Gasteiger partial charge on any atom is 0.407 e. The lowest BCUT2D eigenvalue weighted by Crippen LogP contribution is -2.51. The van der Waals surface area contributed by atoms with E-state index in [2.05, 4.69) is 29.2 Å². The van der Waals surface area contributed by atoms with Crippen molar-refractivity contribution in [2.24, 2.45) is 0 Å². The Bertz CT molecular complexity index is 611. The molecule has 1 fully saturated rings. The van der Waals surface area contributed by atoms with Gasteiger partial charge in [-0.3, -0.25) is 4.90 Å². The summed E-state index contributed by atoms with van der Waals surface area (Å²) in [4.78, 5) is 15.6. The highest BCUT2D eigenvalue weighted by Crippen LogP contribution is 2.34. The fourth-order valence-corrected chi connectivity index (χ4v) is 4.36. The number of nitrogens with zero attached hydrogens (tertiary/aromatic N) is 2. The molecule has 0 saturated heterocycles. The number of aliphatic hydroxyl groups excluding tert-OH is 1. The fourth-order valence-electron chi connectivity index (χ4n) is 4.36. The summed E-state index contributed by atoms with van der Waals surface area (Å²) in [7, 11) is 0. The highest BCUT2D eigenvalue weighted by atomic mass is 16.4. The minimum atomic E-state index is -0.899. The van der Waals surface area contributed by atoms with E-state index < -0.39 is 17.7 Å². The van der Waals surface area contributed by atoms with Gasteiger partial charge in [0.05, 0.1) is 6.10 Å². The maximum atomic E-state index is 11.7. The summed E-state index contributed by atoms with van der Waals surface area (Å²) in [5.74, 6) is 0. The predicted molar refractivity (Wildman–Crippen MR) is 93.0 cm³/mol. The second-order valence-corrected chi connectivity index (χ2v) is 8.07. The Morgan fingerprint density at radius 2 is 1.88 bits per heavy atom. The summed E-state index contributed by atoms with van der Waals surface area (Å²) in [6.07, 6.45) is 0.847. The predicted octanol–water partition coefficient (Wildman–Crippen LogP) is 2.72. The zero-order valence-corrected chi connectivity index (χ0v) is 14.8. The van der Waals surface area contributed by atoms with Crippen molar-refractivity contribution in [3.63, 3.8) is 0 Å². The molecular formula is C19H28N2O3. The molecule has 2 N–H and O–H groups in total. The zero-order chi connectivity index (χ0) is 17.5. The molecule has 24 heavy (non-hydrogen) atoms. The summed E-state index contributed by atoms with van der Waals surface area (Å²) in [5.41, 5.74) is 2.25. The van der Waals surface area contributed by atoms with Gasteiger partial charge >= 0.3 is 6.09 Å². The van der Waals surface area contributed by atoms with E-state index in [1.165, 1.54) is 16.0 Å². The largest absolute Gasteiger partial charge is 0.465 e. The van der Waals surface area contributed by atoms with Crippen LogP contribution in [0.25, 0.3) is 0 Å². The van der Waals surface area contributed by atoms with Gasteiger partial charge in [-0.15, -0.1) is 0 Å². The average Bonchev–Trinajstić information content (AvgIpc) is 2.86. The molecule has 2 aliphatic rings. The van der Waals surface area contributed by atoms with Gasteiger partial charge in [-0.1, -0.05) is 24.3 Å². The summed E-state index contributed by atoms with van der Waals surface area (Å²) in [6.45, 7) is 7.51. The summed E-state index contributed by atoms with van der Waals surface area (Å²) >= 11 is 0. The number of carbonyl (C=O) groups is 1. The normalized spacial score (nSPS) is 27.8. The Kier molecular flexibility index (Phi) is 4.58. The molecule has 0 spiro atoms. The van der Waals surface area contributed by atoms with E-state index in [0.717, 1.165) is 19.5 Å². The quantitative estimate of drug-likeness (QED) is 0.874. The Labute approximate surface area is 143 Å². The van der Waals surface area contributed by atoms with Crippen LogP contribution in [0.2, 0.25) is 0 Å². The average molecular weight is 332 g/mol. The fraction of sp³-hybridized carbons (Fsp3) is 0.632. The van der Waals surface area contributed by atoms with E-state index in [-0.39, 0.29) is 12.1 Å². The van der Waals surface area contributed by atoms with Crippen LogP contribution < -0.4 is 0 Å². The lowest BCUT2D eigenvalue weighted by atomic mass is 9.97. The second-order valence-electron chi connectivity index (χ2n) is 8.07. The Morgan fingerprint density at radius 3 is 2.50 bits per heavy atom. The monoisotopic (exact) mass is 332 g/mol. The molecule has 1 saturated carbocycles. The molecule has 1 heterocycles. The summed E-state index contributed by atoms with van der Waals surface area (Å²) in [6, 6.07) is 8.36. The topological polar surface area (TPSA) is 64.0 Å². The van der Waals surface area contributed by atoms with Crippen LogP contribution in [0, 0.1) is 0 Å². The highest BCUT2D eigenvalue weighted by molar-refractivity contribution is 5.66. The van der Waals surface area contributed by atoms with Crippen molar-refractivity contribution in [1.82, 2.24) is 9.80 Å². The van der Waals surface area contributed by atoms with Gasteiger partial charge in [0.1, 0.15) is 0 Å². The van der Waals surface area contributed by atoms with E-state index in [1.807, 2.05) is 20.8 Å². The molecule has 5 heteroatoms. The summed E-state index contributed by atoms with van der Waals surface area (Å²) < 4.78 is 0. The van der Waals surface area contributed by atoms with Crippen molar-refractivity contribution in [3.8, 4) is 0 Å². The number of carboxylic acid groups (broad SMARTS) is 1. The smallest absolute Gasteiger partial charge is 0.407 e. The van der Waals surface area contributed by atoms with E-state index in [0.29, 0.717) is 12.8 Å². The van der Waals surface area contributed by atoms with Crippen LogP contribution in [0.4, 0.5) is 4.79 Å². The molecule has 132 valence electrons. The van der Waals surface area contributed by atoms with Gasteiger partial charge < -0.3 is 15.1 Å². The van der Waals surface area contributed by atoms with Crippen LogP contribution in [0.3, 0.4) is 0 Å². The third-order valence-electron chi connectivity index (χ3n) is 5.39. The van der Waals surface area contributed by atoms with Crippen molar-refractivity contribution in [3.05, 3.63) is 35.4 Å². The molecule has 0 bridgehead atoms. The van der Waals surface area contributed by atoms with Crippen molar-refractivity contribution >= 4 is 6.09 Å². The number of aliphatic hydroxyl groups is 1. The molecule has 1 aliphatic carbocycles. The molecule has 1 amide bonds. The minimum absolute atomic E-state index is 0.0348. The molecule has 1 aliphatic heterocycles. The standard InChI is InChI=1S/C19H28N2O3/c1-19(2,3)21(18(23)24)15-10-16(17(22)11-15)20-9-8-13-6-4-5-7-14(13)12-20/h4-7,15-17,22H,8-12H2,1-3H3,(H,23,24). The third kappa shape index (κ3) is 3.28. The van der Waals surface area contributed by atoms with E-state index in [1.54, 1.807) is 0 Å². The Hall–Kier alpha value is -1.59. The number of hydrogen-bond donors (Lipinski definition) is 2. The molecule has 0 aromatic heterocycles. The van der Waals surface area contributed by atoms with E-state index in [4.69, 9.17) is 0 Å². The van der Waals surface area contributed by atoms with Crippen LogP contribution in [-0.2, 0) is 13.0 Å². The van der Waals surface area contributed by atoms with Gasteiger partial charge in [0.25, 0.3) is 0 Å². The van der Waals surface area contributed by atoms with Crippen LogP contribution in [-0.4, -0.2) is 56.4 Å². The van der Waals surface area contributed by atoms with Gasteiger partial charge in [-0.05, 0) is 51.2 Å². The van der Waals surface area contributed by atoms with Crippen LogP contribution in [0.1, 0.15) is 44.7 Å². The van der Waals surface area contributed by atoms with Crippen molar-refractivity contribution < 1.29 is 15.0 Å². The summed E-state index contributed by atoms with van der Waals surface area (Å²) in [5, 5.41) is 20.2. The Balaban J connectivity index is 1.74. The first-order chi connectivity index (χ1) is 11.3. The van der Waals surface area contributed by atoms with Gasteiger partial charge in [-0.2, -0.15) is 0 Å². The van der Waals surface area contributed by atoms with Gasteiger partial charge in [0.2, 0.25) is 0 Å². The van der Waals surface area contributed by atoms with Crippen molar-refractivity contribution in [2.45, 2.75) is 70.3 Å². The van der Waals surface area contributed by atoms with Gasteiger partial charge in [0, 0.05) is 30.7 Å². The molecule has 0 radical (unpaired) electrons. The third-order valence-corrected chi connectivity index (χ3v) is 5.39. The Morgan fingerprint density at radius 1 is 1.21 bits per heavy atom.